The van der Waals surface area contributed by atoms with Crippen LogP contribution in [0.5, 0.6) is 5.75 Å². The van der Waals surface area contributed by atoms with Gasteiger partial charge in [-0.05, 0) is 30.2 Å². The SMILES string of the molecule is CC1(c2ccc(OC(F)(F)F)cc2)NC(=O)N(Cc2ccc([N+](=O)[O-])cc2)C1=O. The first kappa shape index (κ1) is 20.1. The number of nitro benzene ring substituents is 1. The van der Waals surface area contributed by atoms with Crippen LogP contribution in [0.15, 0.2) is 48.5 Å². The Labute approximate surface area is 162 Å². The normalized spacial score (nSPS) is 19.2. The molecule has 29 heavy (non-hydrogen) atoms. The van der Waals surface area contributed by atoms with Gasteiger partial charge in [0.15, 0.2) is 0 Å². The second-order valence-corrected chi connectivity index (χ2v) is 6.44. The standard InChI is InChI=1S/C18H14F3N3O5/c1-17(12-4-8-14(9-5-12)29-18(19,20)21)15(25)23(16(26)22-17)10-11-2-6-13(7-3-11)24(27)28/h2-9H,10H2,1H3,(H,22,26). The van der Waals surface area contributed by atoms with E-state index in [9.17, 15) is 32.9 Å². The molecule has 0 radical (unpaired) electrons. The van der Waals surface area contributed by atoms with Crippen molar-refractivity contribution in [3.63, 3.8) is 0 Å². The number of imide groups is 1. The molecule has 0 bridgehead atoms. The van der Waals surface area contributed by atoms with Crippen molar-refractivity contribution < 1.29 is 32.4 Å². The first-order valence-electron chi connectivity index (χ1n) is 8.23. The quantitative estimate of drug-likeness (QED) is 0.463. The summed E-state index contributed by atoms with van der Waals surface area (Å²) >= 11 is 0. The van der Waals surface area contributed by atoms with E-state index in [1.807, 2.05) is 0 Å². The molecule has 3 rings (SSSR count). The molecular weight excluding hydrogens is 395 g/mol. The maximum Gasteiger partial charge on any atom is 0.573 e. The van der Waals surface area contributed by atoms with E-state index in [1.165, 1.54) is 43.3 Å². The van der Waals surface area contributed by atoms with Crippen LogP contribution in [-0.4, -0.2) is 28.1 Å². The predicted octanol–water partition coefficient (Wildman–Crippen LogP) is 3.46. The van der Waals surface area contributed by atoms with Crippen LogP contribution in [0.1, 0.15) is 18.1 Å². The summed E-state index contributed by atoms with van der Waals surface area (Å²) in [6, 6.07) is 9.29. The van der Waals surface area contributed by atoms with Gasteiger partial charge in [-0.2, -0.15) is 0 Å². The van der Waals surface area contributed by atoms with Gasteiger partial charge in [-0.25, -0.2) is 4.79 Å². The average molecular weight is 409 g/mol. The smallest absolute Gasteiger partial charge is 0.406 e. The molecule has 0 saturated carbocycles. The van der Waals surface area contributed by atoms with E-state index in [0.29, 0.717) is 5.56 Å². The number of halogens is 3. The molecule has 1 aliphatic rings. The first-order valence-corrected chi connectivity index (χ1v) is 8.23. The van der Waals surface area contributed by atoms with E-state index in [1.54, 1.807) is 0 Å². The minimum Gasteiger partial charge on any atom is -0.406 e. The molecule has 0 aliphatic carbocycles. The third kappa shape index (κ3) is 4.13. The van der Waals surface area contributed by atoms with Crippen molar-refractivity contribution in [2.75, 3.05) is 0 Å². The van der Waals surface area contributed by atoms with E-state index >= 15 is 0 Å². The molecule has 2 aromatic rings. The zero-order valence-electron chi connectivity index (χ0n) is 14.9. The molecule has 0 aromatic heterocycles. The molecule has 1 aliphatic heterocycles. The second kappa shape index (κ2) is 7.08. The molecule has 8 nitrogen and oxygen atoms in total. The van der Waals surface area contributed by atoms with Gasteiger partial charge < -0.3 is 10.1 Å². The molecule has 1 fully saturated rings. The third-order valence-corrected chi connectivity index (χ3v) is 4.43. The number of urea groups is 1. The van der Waals surface area contributed by atoms with E-state index in [0.717, 1.165) is 17.0 Å². The number of ether oxygens (including phenoxy) is 1. The lowest BCUT2D eigenvalue weighted by molar-refractivity contribution is -0.384. The first-order chi connectivity index (χ1) is 13.5. The van der Waals surface area contributed by atoms with Crippen LogP contribution in [-0.2, 0) is 16.9 Å². The fourth-order valence-corrected chi connectivity index (χ4v) is 2.93. The van der Waals surface area contributed by atoms with Gasteiger partial charge in [0.2, 0.25) is 0 Å². The van der Waals surface area contributed by atoms with E-state index in [4.69, 9.17) is 0 Å². The summed E-state index contributed by atoms with van der Waals surface area (Å²) in [6.45, 7) is 1.32. The number of alkyl halides is 3. The summed E-state index contributed by atoms with van der Waals surface area (Å²) < 4.78 is 40.6. The largest absolute Gasteiger partial charge is 0.573 e. The maximum absolute atomic E-state index is 12.9. The third-order valence-electron chi connectivity index (χ3n) is 4.43. The van der Waals surface area contributed by atoms with Crippen molar-refractivity contribution in [3.8, 4) is 5.75 Å². The van der Waals surface area contributed by atoms with E-state index in [-0.39, 0.29) is 17.8 Å². The van der Waals surface area contributed by atoms with E-state index in [2.05, 4.69) is 10.1 Å². The van der Waals surface area contributed by atoms with Crippen LogP contribution in [0.25, 0.3) is 0 Å². The Morgan fingerprint density at radius 2 is 1.69 bits per heavy atom. The number of non-ortho nitro benzene ring substituents is 1. The number of carbonyl (C=O) groups is 2. The molecule has 11 heteroatoms. The van der Waals surface area contributed by atoms with Gasteiger partial charge in [-0.3, -0.25) is 19.8 Å². The summed E-state index contributed by atoms with van der Waals surface area (Å²) in [6.07, 6.45) is -4.84. The topological polar surface area (TPSA) is 102 Å². The van der Waals surface area contributed by atoms with Crippen molar-refractivity contribution in [2.24, 2.45) is 0 Å². The van der Waals surface area contributed by atoms with Gasteiger partial charge in [0.05, 0.1) is 11.5 Å². The molecule has 152 valence electrons. The van der Waals surface area contributed by atoms with Gasteiger partial charge in [0.1, 0.15) is 11.3 Å². The molecule has 1 unspecified atom stereocenters. The lowest BCUT2D eigenvalue weighted by Crippen LogP contribution is -2.40. The number of benzene rings is 2. The number of nitro groups is 1. The Morgan fingerprint density at radius 3 is 2.21 bits per heavy atom. The molecule has 1 saturated heterocycles. The van der Waals surface area contributed by atoms with Crippen molar-refractivity contribution >= 4 is 17.6 Å². The fraction of sp³-hybridized carbons (Fsp3) is 0.222. The van der Waals surface area contributed by atoms with Crippen LogP contribution >= 0.6 is 0 Å². The highest BCUT2D eigenvalue weighted by molar-refractivity contribution is 6.07. The van der Waals surface area contributed by atoms with Gasteiger partial charge >= 0.3 is 12.4 Å². The number of rotatable bonds is 5. The Hall–Kier alpha value is -3.63. The molecular formula is C18H14F3N3O5. The second-order valence-electron chi connectivity index (χ2n) is 6.44. The Kier molecular flexibility index (Phi) is 4.91. The number of hydrogen-bond acceptors (Lipinski definition) is 5. The maximum atomic E-state index is 12.9. The molecule has 1 atom stereocenters. The Bertz CT molecular complexity index is 960. The molecule has 3 amide bonds. The highest BCUT2D eigenvalue weighted by Crippen LogP contribution is 2.32. The van der Waals surface area contributed by atoms with Crippen molar-refractivity contribution in [2.45, 2.75) is 25.4 Å². The van der Waals surface area contributed by atoms with Crippen molar-refractivity contribution in [3.05, 3.63) is 69.8 Å². The number of nitrogens with zero attached hydrogens (tertiary/aromatic N) is 2. The zero-order valence-corrected chi connectivity index (χ0v) is 14.9. The minimum absolute atomic E-state index is 0.118. The monoisotopic (exact) mass is 409 g/mol. The summed E-state index contributed by atoms with van der Waals surface area (Å²) in [4.78, 5) is 36.2. The molecule has 1 N–H and O–H groups in total. The van der Waals surface area contributed by atoms with E-state index < -0.39 is 34.5 Å². The highest BCUT2D eigenvalue weighted by Gasteiger charge is 2.49. The Balaban J connectivity index is 1.78. The van der Waals surface area contributed by atoms with Gasteiger partial charge in [0, 0.05) is 12.1 Å². The summed E-state index contributed by atoms with van der Waals surface area (Å²) in [5.41, 5.74) is -0.833. The predicted molar refractivity (Wildman–Crippen MR) is 92.7 cm³/mol. The lowest BCUT2D eigenvalue weighted by Gasteiger charge is -2.22. The van der Waals surface area contributed by atoms with Crippen LogP contribution in [0.2, 0.25) is 0 Å². The van der Waals surface area contributed by atoms with Crippen LogP contribution < -0.4 is 10.1 Å². The van der Waals surface area contributed by atoms with Gasteiger partial charge in [-0.15, -0.1) is 13.2 Å². The summed E-state index contributed by atoms with van der Waals surface area (Å²) in [7, 11) is 0. The molecule has 2 aromatic carbocycles. The number of carbonyl (C=O) groups excluding carboxylic acids is 2. The zero-order chi connectivity index (χ0) is 21.4. The summed E-state index contributed by atoms with van der Waals surface area (Å²) in [5, 5.41) is 13.2. The fourth-order valence-electron chi connectivity index (χ4n) is 2.93. The Morgan fingerprint density at radius 1 is 1.10 bits per heavy atom. The average Bonchev–Trinajstić information content (AvgIpc) is 2.85. The number of amides is 3. The van der Waals surface area contributed by atoms with Crippen LogP contribution in [0.4, 0.5) is 23.7 Å². The van der Waals surface area contributed by atoms with Crippen LogP contribution in [0.3, 0.4) is 0 Å². The minimum atomic E-state index is -4.84. The van der Waals surface area contributed by atoms with Crippen LogP contribution in [0, 0.1) is 10.1 Å². The van der Waals surface area contributed by atoms with Crippen molar-refractivity contribution in [1.82, 2.24) is 10.2 Å². The van der Waals surface area contributed by atoms with Crippen molar-refractivity contribution in [1.29, 1.82) is 0 Å². The van der Waals surface area contributed by atoms with Gasteiger partial charge in [0.25, 0.3) is 11.6 Å². The number of hydrogen-bond donors (Lipinski definition) is 1. The van der Waals surface area contributed by atoms with Gasteiger partial charge in [-0.1, -0.05) is 24.3 Å². The number of nitrogens with one attached hydrogen (secondary N) is 1. The molecule has 1 heterocycles. The molecule has 0 spiro atoms. The highest BCUT2D eigenvalue weighted by atomic mass is 19.4. The lowest BCUT2D eigenvalue weighted by atomic mass is 9.92. The summed E-state index contributed by atoms with van der Waals surface area (Å²) in [5.74, 6) is -1.06.